The lowest BCUT2D eigenvalue weighted by Crippen LogP contribution is -2.37. The molecule has 0 amide bonds. The lowest BCUT2D eigenvalue weighted by molar-refractivity contribution is -0.870. The Hall–Kier alpha value is -0.990. The maximum atomic E-state index is 12.6. The summed E-state index contributed by atoms with van der Waals surface area (Å²) < 4.78 is 33.8. The van der Waals surface area contributed by atoms with Crippen LogP contribution in [0.25, 0.3) is 0 Å². The van der Waals surface area contributed by atoms with Gasteiger partial charge in [-0.3, -0.25) is 14.2 Å². The number of hydrogen-bond donors (Lipinski definition) is 0. The first-order valence-corrected chi connectivity index (χ1v) is 24.7. The molecule has 0 saturated heterocycles. The molecule has 0 rings (SSSR count). The van der Waals surface area contributed by atoms with E-state index >= 15 is 0 Å². The molecule has 0 aliphatic carbocycles. The molecule has 2 atom stereocenters. The number of carbonyl (C=O) groups is 2. The molecule has 0 aromatic heterocycles. The molecule has 0 aliphatic rings. The summed E-state index contributed by atoms with van der Waals surface area (Å²) in [5.41, 5.74) is 0. The van der Waals surface area contributed by atoms with Gasteiger partial charge in [0.2, 0.25) is 0 Å². The predicted octanol–water partition coefficient (Wildman–Crippen LogP) is 12.6. The zero-order valence-electron chi connectivity index (χ0n) is 36.9. The first-order valence-electron chi connectivity index (χ1n) is 23.2. The zero-order chi connectivity index (χ0) is 40.7. The van der Waals surface area contributed by atoms with Crippen LogP contribution in [0.1, 0.15) is 226 Å². The predicted molar refractivity (Wildman–Crippen MR) is 227 cm³/mol. The highest BCUT2D eigenvalue weighted by atomic mass is 31.2. The Morgan fingerprint density at radius 3 is 1.16 bits per heavy atom. The monoisotopic (exact) mass is 804 g/mol. The van der Waals surface area contributed by atoms with Crippen LogP contribution in [0.15, 0.2) is 0 Å². The Labute approximate surface area is 340 Å². The molecule has 0 aliphatic heterocycles. The quantitative estimate of drug-likeness (QED) is 0.0259. The van der Waals surface area contributed by atoms with Crippen LogP contribution in [0.4, 0.5) is 0 Å². The summed E-state index contributed by atoms with van der Waals surface area (Å²) in [6, 6.07) is 0. The van der Waals surface area contributed by atoms with Gasteiger partial charge in [0.1, 0.15) is 19.8 Å². The maximum absolute atomic E-state index is 12.6. The SMILES string of the molecule is CCCCCCCCCCCCCCCCCCCCCCCCC(=O)OCC(COP(=O)([O-])OCC[N+](C)(C)C)OC(=O)CCCCCCCCCCC. The highest BCUT2D eigenvalue weighted by molar-refractivity contribution is 7.45. The van der Waals surface area contributed by atoms with Crippen LogP contribution >= 0.6 is 7.82 Å². The van der Waals surface area contributed by atoms with E-state index in [9.17, 15) is 19.0 Å². The van der Waals surface area contributed by atoms with E-state index in [0.717, 1.165) is 38.5 Å². The minimum absolute atomic E-state index is 0.0259. The van der Waals surface area contributed by atoms with Crippen molar-refractivity contribution in [2.45, 2.75) is 232 Å². The summed E-state index contributed by atoms with van der Waals surface area (Å²) in [4.78, 5) is 37.4. The summed E-state index contributed by atoms with van der Waals surface area (Å²) in [5, 5.41) is 0. The molecule has 0 aromatic rings. The summed E-state index contributed by atoms with van der Waals surface area (Å²) in [7, 11) is 1.18. The van der Waals surface area contributed by atoms with Gasteiger partial charge >= 0.3 is 11.9 Å². The van der Waals surface area contributed by atoms with Gasteiger partial charge in [0.05, 0.1) is 27.7 Å². The maximum Gasteiger partial charge on any atom is 0.306 e. The van der Waals surface area contributed by atoms with E-state index in [-0.39, 0.29) is 32.0 Å². The van der Waals surface area contributed by atoms with E-state index in [4.69, 9.17) is 18.5 Å². The van der Waals surface area contributed by atoms with Crippen LogP contribution < -0.4 is 4.89 Å². The number of esters is 2. The van der Waals surface area contributed by atoms with Crippen molar-refractivity contribution in [3.05, 3.63) is 0 Å². The van der Waals surface area contributed by atoms with E-state index in [1.165, 1.54) is 154 Å². The molecule has 0 radical (unpaired) electrons. The summed E-state index contributed by atoms with van der Waals surface area (Å²) in [6.07, 6.45) is 38.6. The molecule has 0 spiro atoms. The van der Waals surface area contributed by atoms with Crippen molar-refractivity contribution >= 4 is 19.8 Å². The average Bonchev–Trinajstić information content (AvgIpc) is 3.13. The Bertz CT molecular complexity index is 912. The van der Waals surface area contributed by atoms with Gasteiger partial charge in [-0.1, -0.05) is 200 Å². The lowest BCUT2D eigenvalue weighted by Gasteiger charge is -2.28. The molecule has 0 saturated carbocycles. The molecule has 10 heteroatoms. The Kier molecular flexibility index (Phi) is 37.8. The van der Waals surface area contributed by atoms with Crippen molar-refractivity contribution in [3.8, 4) is 0 Å². The van der Waals surface area contributed by atoms with Gasteiger partial charge in [0, 0.05) is 12.8 Å². The third-order valence-corrected chi connectivity index (χ3v) is 11.3. The average molecular weight is 804 g/mol. The highest BCUT2D eigenvalue weighted by Crippen LogP contribution is 2.38. The van der Waals surface area contributed by atoms with E-state index in [0.29, 0.717) is 17.4 Å². The standard InChI is InChI=1S/C45H90NO8P/c1-6-8-10-12-14-16-17-18-19-20-21-22-23-24-25-26-27-28-30-31-33-35-37-44(47)51-41-43(42-53-55(49,50)52-40-39-46(3,4)5)54-45(48)38-36-34-32-29-15-13-11-9-7-2/h43H,6-42H2,1-5H3. The molecular weight excluding hydrogens is 713 g/mol. The van der Waals surface area contributed by atoms with Crippen LogP contribution in [0.3, 0.4) is 0 Å². The molecular formula is C45H90NO8P. The fraction of sp³-hybridized carbons (Fsp3) is 0.956. The van der Waals surface area contributed by atoms with E-state index in [1.807, 2.05) is 21.1 Å². The molecule has 0 fully saturated rings. The second-order valence-electron chi connectivity index (χ2n) is 17.1. The zero-order valence-corrected chi connectivity index (χ0v) is 37.8. The number of ether oxygens (including phenoxy) is 2. The number of nitrogens with zero attached hydrogens (tertiary/aromatic N) is 1. The van der Waals surface area contributed by atoms with Crippen LogP contribution in [0.5, 0.6) is 0 Å². The Balaban J connectivity index is 4.11. The molecule has 0 N–H and O–H groups in total. The minimum atomic E-state index is -4.61. The molecule has 0 heterocycles. The molecule has 2 unspecified atom stereocenters. The van der Waals surface area contributed by atoms with Gasteiger partial charge in [0.15, 0.2) is 6.10 Å². The van der Waals surface area contributed by atoms with Crippen LogP contribution in [0, 0.1) is 0 Å². The molecule has 55 heavy (non-hydrogen) atoms. The molecule has 0 bridgehead atoms. The summed E-state index contributed by atoms with van der Waals surface area (Å²) >= 11 is 0. The summed E-state index contributed by atoms with van der Waals surface area (Å²) in [6.45, 7) is 4.24. The number of phosphoric ester groups is 1. The third kappa shape index (κ3) is 42.4. The smallest absolute Gasteiger partial charge is 0.306 e. The normalized spacial score (nSPS) is 13.5. The fourth-order valence-corrected chi connectivity index (χ4v) is 7.44. The van der Waals surface area contributed by atoms with Crippen molar-refractivity contribution in [1.29, 1.82) is 0 Å². The van der Waals surface area contributed by atoms with Crippen molar-refractivity contribution in [2.24, 2.45) is 0 Å². The van der Waals surface area contributed by atoms with E-state index < -0.39 is 26.5 Å². The number of likely N-dealkylation sites (N-methyl/N-ethyl adjacent to an activating group) is 1. The highest BCUT2D eigenvalue weighted by Gasteiger charge is 2.21. The van der Waals surface area contributed by atoms with Gasteiger partial charge in [-0.2, -0.15) is 0 Å². The van der Waals surface area contributed by atoms with Gasteiger partial charge in [0.25, 0.3) is 7.82 Å². The number of rotatable bonds is 43. The summed E-state index contributed by atoms with van der Waals surface area (Å²) in [5.74, 6) is -0.823. The minimum Gasteiger partial charge on any atom is -0.756 e. The van der Waals surface area contributed by atoms with Gasteiger partial charge < -0.3 is 27.9 Å². The van der Waals surface area contributed by atoms with Crippen molar-refractivity contribution in [3.63, 3.8) is 0 Å². The van der Waals surface area contributed by atoms with Gasteiger partial charge in [-0.05, 0) is 12.8 Å². The van der Waals surface area contributed by atoms with Crippen molar-refractivity contribution < 1.29 is 42.1 Å². The number of hydrogen-bond acceptors (Lipinski definition) is 8. The molecule has 9 nitrogen and oxygen atoms in total. The van der Waals surface area contributed by atoms with E-state index in [2.05, 4.69) is 13.8 Å². The lowest BCUT2D eigenvalue weighted by atomic mass is 10.0. The van der Waals surface area contributed by atoms with Crippen molar-refractivity contribution in [1.82, 2.24) is 0 Å². The van der Waals surface area contributed by atoms with Crippen LogP contribution in [-0.4, -0.2) is 70.0 Å². The molecule has 328 valence electrons. The topological polar surface area (TPSA) is 111 Å². The Morgan fingerprint density at radius 2 is 0.818 bits per heavy atom. The molecule has 0 aromatic carbocycles. The second kappa shape index (κ2) is 38.5. The van der Waals surface area contributed by atoms with Gasteiger partial charge in [-0.15, -0.1) is 0 Å². The van der Waals surface area contributed by atoms with Crippen molar-refractivity contribution in [2.75, 3.05) is 47.5 Å². The van der Waals surface area contributed by atoms with Gasteiger partial charge in [-0.25, -0.2) is 0 Å². The van der Waals surface area contributed by atoms with Crippen LogP contribution in [0.2, 0.25) is 0 Å². The fourth-order valence-electron chi connectivity index (χ4n) is 6.72. The number of unbranched alkanes of at least 4 members (excludes halogenated alkanes) is 29. The first-order chi connectivity index (χ1) is 26.5. The first kappa shape index (κ1) is 54.0. The number of quaternary nitrogens is 1. The van der Waals surface area contributed by atoms with Crippen LogP contribution in [-0.2, 0) is 32.7 Å². The van der Waals surface area contributed by atoms with E-state index in [1.54, 1.807) is 0 Å². The Morgan fingerprint density at radius 1 is 0.491 bits per heavy atom. The number of phosphoric acid groups is 1. The number of carbonyl (C=O) groups excluding carboxylic acids is 2. The largest absolute Gasteiger partial charge is 0.756 e. The third-order valence-electron chi connectivity index (χ3n) is 10.4. The second-order valence-corrected chi connectivity index (χ2v) is 18.5.